The molecule has 0 unspecified atom stereocenters. The van der Waals surface area contributed by atoms with Gasteiger partial charge in [0.05, 0.1) is 5.69 Å². The van der Waals surface area contributed by atoms with E-state index in [4.69, 9.17) is 5.73 Å². The van der Waals surface area contributed by atoms with Crippen LogP contribution in [0.1, 0.15) is 10.4 Å². The van der Waals surface area contributed by atoms with Gasteiger partial charge in [0.25, 0.3) is 5.91 Å². The van der Waals surface area contributed by atoms with Crippen molar-refractivity contribution in [2.24, 2.45) is 0 Å². The smallest absolute Gasteiger partial charge is 0.257 e. The van der Waals surface area contributed by atoms with Crippen LogP contribution < -0.4 is 16.0 Å². The summed E-state index contributed by atoms with van der Waals surface area (Å²) in [6.45, 7) is 3.73. The van der Waals surface area contributed by atoms with E-state index in [9.17, 15) is 4.79 Å². The fourth-order valence-electron chi connectivity index (χ4n) is 3.78. The van der Waals surface area contributed by atoms with Crippen LogP contribution in [0.15, 0.2) is 61.2 Å². The maximum absolute atomic E-state index is 12.9. The molecule has 0 aromatic carbocycles. The number of hydrogen-bond acceptors (Lipinski definition) is 8. The van der Waals surface area contributed by atoms with Crippen molar-refractivity contribution in [3.8, 4) is 11.3 Å². The number of anilines is 3. The number of nitrogens with zero attached hydrogens (tertiary/aromatic N) is 6. The number of likely N-dealkylation sites (N-methyl/N-ethyl adjacent to an activating group) is 1. The molecule has 5 heterocycles. The van der Waals surface area contributed by atoms with E-state index < -0.39 is 0 Å². The van der Waals surface area contributed by atoms with Gasteiger partial charge in [0.15, 0.2) is 0 Å². The Kier molecular flexibility index (Phi) is 5.54. The van der Waals surface area contributed by atoms with Crippen LogP contribution in [0, 0.1) is 0 Å². The average molecular weight is 441 g/mol. The number of nitrogens with one attached hydrogen (secondary N) is 1. The van der Waals surface area contributed by atoms with E-state index in [1.807, 2.05) is 24.3 Å². The maximum Gasteiger partial charge on any atom is 0.257 e. The first-order valence-electron chi connectivity index (χ1n) is 10.7. The largest absolute Gasteiger partial charge is 0.384 e. The van der Waals surface area contributed by atoms with Crippen LogP contribution in [0.2, 0.25) is 0 Å². The third kappa shape index (κ3) is 4.58. The standard InChI is InChI=1S/C24H24N8O/c1-31-6-8-32(9-7-31)23-12-16(4-5-26-23)24(33)30-22-11-18-10-20(27-14-19(18)15-29-22)17-2-3-21(25)28-13-17/h2-5,10-15H,6-9H2,1H3,(H2,25,28)(H,29,30,33). The monoisotopic (exact) mass is 440 g/mol. The molecule has 9 heteroatoms. The van der Waals surface area contributed by atoms with Crippen LogP contribution in [0.3, 0.4) is 0 Å². The first-order valence-corrected chi connectivity index (χ1v) is 10.7. The zero-order valence-electron chi connectivity index (χ0n) is 18.3. The highest BCUT2D eigenvalue weighted by atomic mass is 16.1. The number of carbonyl (C=O) groups excluding carboxylic acids is 1. The summed E-state index contributed by atoms with van der Waals surface area (Å²) in [5.41, 5.74) is 7.85. The van der Waals surface area contributed by atoms with Crippen molar-refractivity contribution in [2.45, 2.75) is 0 Å². The van der Waals surface area contributed by atoms with Gasteiger partial charge < -0.3 is 20.9 Å². The molecular weight excluding hydrogens is 416 g/mol. The van der Waals surface area contributed by atoms with Crippen molar-refractivity contribution in [3.63, 3.8) is 0 Å². The van der Waals surface area contributed by atoms with Gasteiger partial charge in [0.2, 0.25) is 0 Å². The highest BCUT2D eigenvalue weighted by molar-refractivity contribution is 6.05. The number of piperazine rings is 1. The van der Waals surface area contributed by atoms with E-state index >= 15 is 0 Å². The van der Waals surface area contributed by atoms with Crippen molar-refractivity contribution in [2.75, 3.05) is 49.2 Å². The third-order valence-electron chi connectivity index (χ3n) is 5.76. The van der Waals surface area contributed by atoms with E-state index in [2.05, 4.69) is 42.1 Å². The normalized spacial score (nSPS) is 14.4. The predicted molar refractivity (Wildman–Crippen MR) is 129 cm³/mol. The molecule has 1 saturated heterocycles. The second kappa shape index (κ2) is 8.79. The van der Waals surface area contributed by atoms with Crippen molar-refractivity contribution >= 4 is 34.1 Å². The summed E-state index contributed by atoms with van der Waals surface area (Å²) in [4.78, 5) is 34.8. The summed E-state index contributed by atoms with van der Waals surface area (Å²) in [6, 6.07) is 10.9. The molecule has 0 spiro atoms. The molecule has 1 aliphatic heterocycles. The minimum atomic E-state index is -0.225. The van der Waals surface area contributed by atoms with Gasteiger partial charge in [0.1, 0.15) is 17.5 Å². The lowest BCUT2D eigenvalue weighted by Crippen LogP contribution is -2.44. The van der Waals surface area contributed by atoms with Crippen molar-refractivity contribution < 1.29 is 4.79 Å². The van der Waals surface area contributed by atoms with Crippen molar-refractivity contribution in [3.05, 3.63) is 66.7 Å². The van der Waals surface area contributed by atoms with Gasteiger partial charge >= 0.3 is 0 Å². The molecule has 9 nitrogen and oxygen atoms in total. The molecule has 0 bridgehead atoms. The molecule has 0 aliphatic carbocycles. The van der Waals surface area contributed by atoms with Gasteiger partial charge in [-0.05, 0) is 48.8 Å². The lowest BCUT2D eigenvalue weighted by Gasteiger charge is -2.33. The Labute approximate surface area is 191 Å². The highest BCUT2D eigenvalue weighted by Gasteiger charge is 2.17. The van der Waals surface area contributed by atoms with Gasteiger partial charge in [0, 0.05) is 67.5 Å². The molecule has 1 fully saturated rings. The summed E-state index contributed by atoms with van der Waals surface area (Å²) in [6.07, 6.45) is 6.82. The number of nitrogen functional groups attached to an aromatic ring is 1. The summed E-state index contributed by atoms with van der Waals surface area (Å²) < 4.78 is 0. The summed E-state index contributed by atoms with van der Waals surface area (Å²) in [5, 5.41) is 4.69. The Balaban J connectivity index is 1.36. The van der Waals surface area contributed by atoms with E-state index in [-0.39, 0.29) is 5.91 Å². The Hall–Kier alpha value is -4.11. The highest BCUT2D eigenvalue weighted by Crippen LogP contribution is 2.23. The summed E-state index contributed by atoms with van der Waals surface area (Å²) in [7, 11) is 2.11. The van der Waals surface area contributed by atoms with Crippen LogP contribution >= 0.6 is 0 Å². The Morgan fingerprint density at radius 1 is 0.909 bits per heavy atom. The van der Waals surface area contributed by atoms with Gasteiger partial charge in [-0.15, -0.1) is 0 Å². The minimum absolute atomic E-state index is 0.225. The fraction of sp³-hybridized carbons (Fsp3) is 0.208. The number of carbonyl (C=O) groups is 1. The summed E-state index contributed by atoms with van der Waals surface area (Å²) in [5.74, 6) is 1.52. The van der Waals surface area contributed by atoms with Crippen LogP contribution in [-0.4, -0.2) is 64.0 Å². The van der Waals surface area contributed by atoms with Crippen LogP contribution in [0.25, 0.3) is 22.0 Å². The molecule has 4 aromatic rings. The number of nitrogens with two attached hydrogens (primary N) is 1. The molecule has 0 radical (unpaired) electrons. The molecule has 4 aromatic heterocycles. The Morgan fingerprint density at radius 2 is 1.73 bits per heavy atom. The van der Waals surface area contributed by atoms with Gasteiger partial charge in [-0.2, -0.15) is 0 Å². The van der Waals surface area contributed by atoms with Gasteiger partial charge in [-0.3, -0.25) is 9.78 Å². The molecule has 33 heavy (non-hydrogen) atoms. The van der Waals surface area contributed by atoms with E-state index in [0.717, 1.165) is 54.0 Å². The van der Waals surface area contributed by atoms with E-state index in [1.54, 1.807) is 36.9 Å². The predicted octanol–water partition coefficient (Wildman–Crippen LogP) is 2.67. The van der Waals surface area contributed by atoms with Gasteiger partial charge in [-0.25, -0.2) is 15.0 Å². The maximum atomic E-state index is 12.9. The van der Waals surface area contributed by atoms with Gasteiger partial charge in [-0.1, -0.05) is 0 Å². The molecule has 1 amide bonds. The molecule has 0 saturated carbocycles. The van der Waals surface area contributed by atoms with Crippen molar-refractivity contribution in [1.29, 1.82) is 0 Å². The number of rotatable bonds is 4. The van der Waals surface area contributed by atoms with Crippen molar-refractivity contribution in [1.82, 2.24) is 24.8 Å². The van der Waals surface area contributed by atoms with E-state index in [1.165, 1.54) is 0 Å². The lowest BCUT2D eigenvalue weighted by atomic mass is 10.1. The van der Waals surface area contributed by atoms with Crippen LogP contribution in [0.5, 0.6) is 0 Å². The second-order valence-electron chi connectivity index (χ2n) is 8.11. The Morgan fingerprint density at radius 3 is 2.52 bits per heavy atom. The minimum Gasteiger partial charge on any atom is -0.384 e. The third-order valence-corrected chi connectivity index (χ3v) is 5.76. The first kappa shape index (κ1) is 20.8. The lowest BCUT2D eigenvalue weighted by molar-refractivity contribution is 0.102. The molecule has 3 N–H and O–H groups in total. The molecule has 5 rings (SSSR count). The SMILES string of the molecule is CN1CCN(c2cc(C(=O)Nc3cc4cc(-c5ccc(N)nc5)ncc4cn3)ccn2)CC1. The first-order chi connectivity index (χ1) is 16.0. The Bertz CT molecular complexity index is 1300. The quantitative estimate of drug-likeness (QED) is 0.498. The number of amides is 1. The molecule has 1 aliphatic rings. The number of hydrogen-bond donors (Lipinski definition) is 2. The number of aromatic nitrogens is 4. The van der Waals surface area contributed by atoms with Crippen LogP contribution in [0.4, 0.5) is 17.5 Å². The topological polar surface area (TPSA) is 113 Å². The fourth-order valence-corrected chi connectivity index (χ4v) is 3.78. The van der Waals surface area contributed by atoms with Crippen LogP contribution in [-0.2, 0) is 0 Å². The molecule has 166 valence electrons. The molecule has 0 atom stereocenters. The summed E-state index contributed by atoms with van der Waals surface area (Å²) >= 11 is 0. The number of pyridine rings is 4. The van der Waals surface area contributed by atoms with E-state index in [0.29, 0.717) is 17.2 Å². The zero-order valence-corrected chi connectivity index (χ0v) is 18.3. The zero-order chi connectivity index (χ0) is 22.8. The average Bonchev–Trinajstić information content (AvgIpc) is 2.84. The molecular formula is C24H24N8O. The number of fused-ring (bicyclic) bond motifs is 1. The second-order valence-corrected chi connectivity index (χ2v) is 8.11.